The molecule has 0 spiro atoms. The number of nitrogens with zero attached hydrogens (tertiary/aromatic N) is 3. The summed E-state index contributed by atoms with van der Waals surface area (Å²) < 4.78 is 23.5. The first-order valence-corrected chi connectivity index (χ1v) is 14.0. The highest BCUT2D eigenvalue weighted by Gasteiger charge is 2.42. The quantitative estimate of drug-likeness (QED) is 0.659. The van der Waals surface area contributed by atoms with Gasteiger partial charge in [0.2, 0.25) is 0 Å². The molecule has 3 aliphatic heterocycles. The van der Waals surface area contributed by atoms with Gasteiger partial charge in [0.05, 0.1) is 28.3 Å². The number of carbonyl (C=O) groups excluding carboxylic acids is 1. The van der Waals surface area contributed by atoms with Gasteiger partial charge in [0.15, 0.2) is 15.0 Å². The highest BCUT2D eigenvalue weighted by atomic mass is 35.5. The number of sulfone groups is 1. The molecule has 11 heteroatoms. The lowest BCUT2D eigenvalue weighted by atomic mass is 10.1. The van der Waals surface area contributed by atoms with Crippen LogP contribution in [0.25, 0.3) is 0 Å². The smallest absolute Gasteiger partial charge is 0.254 e. The van der Waals surface area contributed by atoms with Gasteiger partial charge in [0.1, 0.15) is 0 Å². The number of aliphatic imine (C=N–C) groups is 1. The lowest BCUT2D eigenvalue weighted by Crippen LogP contribution is -2.48. The maximum Gasteiger partial charge on any atom is 0.254 e. The normalized spacial score (nSPS) is 23.9. The van der Waals surface area contributed by atoms with E-state index in [1.807, 2.05) is 29.2 Å². The van der Waals surface area contributed by atoms with Crippen LogP contribution in [0, 0.1) is 0 Å². The van der Waals surface area contributed by atoms with Crippen LogP contribution in [-0.2, 0) is 9.84 Å². The number of piperazine rings is 1. The zero-order chi connectivity index (χ0) is 23.2. The van der Waals surface area contributed by atoms with Gasteiger partial charge >= 0.3 is 0 Å². The Labute approximate surface area is 207 Å². The van der Waals surface area contributed by atoms with E-state index in [2.05, 4.69) is 15.2 Å². The first-order chi connectivity index (χ1) is 15.8. The van der Waals surface area contributed by atoms with Crippen molar-refractivity contribution >= 4 is 67.3 Å². The Morgan fingerprint density at radius 2 is 1.85 bits per heavy atom. The molecule has 2 aromatic rings. The average Bonchev–Trinajstić information content (AvgIpc) is 3.27. The summed E-state index contributed by atoms with van der Waals surface area (Å²) in [5, 5.41) is 4.95. The van der Waals surface area contributed by atoms with E-state index in [1.165, 1.54) is 11.8 Å². The maximum atomic E-state index is 13.1. The highest BCUT2D eigenvalue weighted by Crippen LogP contribution is 2.35. The standard InChI is InChI=1S/C22H22Cl2N4O3S2/c23-15-2-1-3-16(11-15)27-6-8-28(9-7-27)21(29)14-4-5-17(24)18(10-14)25-22-26-19-12-33(30,31)13-20(19)32-22/h1-5,10-11,19-20H,6-9,12-13H2,(H,25,26)/t19-,20+/m0/s1. The van der Waals surface area contributed by atoms with Crippen LogP contribution in [0.3, 0.4) is 0 Å². The van der Waals surface area contributed by atoms with E-state index in [0.717, 1.165) is 18.8 Å². The highest BCUT2D eigenvalue weighted by molar-refractivity contribution is 8.15. The molecule has 0 aliphatic carbocycles. The van der Waals surface area contributed by atoms with E-state index in [9.17, 15) is 13.2 Å². The van der Waals surface area contributed by atoms with Gasteiger partial charge in [-0.25, -0.2) is 8.42 Å². The molecule has 2 aromatic carbocycles. The van der Waals surface area contributed by atoms with Crippen LogP contribution in [0.2, 0.25) is 10.0 Å². The average molecular weight is 525 g/mol. The summed E-state index contributed by atoms with van der Waals surface area (Å²) in [6, 6.07) is 12.7. The van der Waals surface area contributed by atoms with Crippen LogP contribution in [0.4, 0.5) is 11.4 Å². The molecule has 7 nitrogen and oxygen atoms in total. The topological polar surface area (TPSA) is 82.1 Å². The van der Waals surface area contributed by atoms with Gasteiger partial charge in [-0.1, -0.05) is 41.0 Å². The summed E-state index contributed by atoms with van der Waals surface area (Å²) in [5.41, 5.74) is 2.19. The third-order valence-electron chi connectivity index (χ3n) is 6.01. The number of nitrogens with one attached hydrogen (secondary N) is 1. The van der Waals surface area contributed by atoms with Crippen molar-refractivity contribution in [3.63, 3.8) is 0 Å². The molecule has 2 fully saturated rings. The fourth-order valence-electron chi connectivity index (χ4n) is 4.31. The molecule has 1 amide bonds. The van der Waals surface area contributed by atoms with E-state index >= 15 is 0 Å². The van der Waals surface area contributed by atoms with Crippen molar-refractivity contribution < 1.29 is 13.2 Å². The van der Waals surface area contributed by atoms with Crippen molar-refractivity contribution in [1.82, 2.24) is 4.90 Å². The number of hydrogen-bond acceptors (Lipinski definition) is 7. The monoisotopic (exact) mass is 524 g/mol. The number of benzene rings is 2. The molecule has 0 radical (unpaired) electrons. The van der Waals surface area contributed by atoms with Crippen molar-refractivity contribution in [2.24, 2.45) is 4.99 Å². The van der Waals surface area contributed by atoms with Gasteiger partial charge in [-0.15, -0.1) is 0 Å². The molecule has 2 saturated heterocycles. The molecular weight excluding hydrogens is 503 g/mol. The number of anilines is 2. The first-order valence-electron chi connectivity index (χ1n) is 10.6. The lowest BCUT2D eigenvalue weighted by molar-refractivity contribution is 0.0747. The third kappa shape index (κ3) is 4.96. The van der Waals surface area contributed by atoms with Crippen molar-refractivity contribution in [2.75, 3.05) is 47.9 Å². The molecular formula is C22H22Cl2N4O3S2. The Bertz CT molecular complexity index is 1230. The molecule has 3 aliphatic rings. The van der Waals surface area contributed by atoms with Crippen LogP contribution in [0.5, 0.6) is 0 Å². The number of thioether (sulfide) groups is 1. The molecule has 174 valence electrons. The molecule has 1 N–H and O–H groups in total. The Morgan fingerprint density at radius 3 is 2.58 bits per heavy atom. The first kappa shape index (κ1) is 22.8. The van der Waals surface area contributed by atoms with E-state index in [0.29, 0.717) is 39.6 Å². The fraction of sp³-hybridized carbons (Fsp3) is 0.364. The van der Waals surface area contributed by atoms with Crippen LogP contribution in [0.1, 0.15) is 10.4 Å². The summed E-state index contributed by atoms with van der Waals surface area (Å²) in [7, 11) is -3.01. The molecule has 0 bridgehead atoms. The van der Waals surface area contributed by atoms with Crippen molar-refractivity contribution in [3.05, 3.63) is 58.1 Å². The largest absolute Gasteiger partial charge is 0.368 e. The molecule has 0 saturated carbocycles. The van der Waals surface area contributed by atoms with Crippen molar-refractivity contribution in [1.29, 1.82) is 0 Å². The second-order valence-electron chi connectivity index (χ2n) is 8.31. The predicted molar refractivity (Wildman–Crippen MR) is 136 cm³/mol. The Kier molecular flexibility index (Phi) is 6.24. The molecule has 0 unspecified atom stereocenters. The van der Waals surface area contributed by atoms with Crippen LogP contribution >= 0.6 is 35.0 Å². The second-order valence-corrected chi connectivity index (χ2v) is 12.5. The number of carbonyl (C=O) groups is 1. The van der Waals surface area contributed by atoms with E-state index in [4.69, 9.17) is 23.2 Å². The SMILES string of the molecule is O=C(c1ccc(Cl)c(NC2=N[C@H]3CS(=O)(=O)C[C@H]3S2)c1)N1CCN(c2cccc(Cl)c2)CC1. The molecule has 2 atom stereocenters. The molecule has 5 rings (SSSR count). The molecule has 3 heterocycles. The number of amides is 1. The van der Waals surface area contributed by atoms with Gasteiger partial charge in [-0.05, 0) is 36.4 Å². The summed E-state index contributed by atoms with van der Waals surface area (Å²) in [4.78, 5) is 21.7. The Morgan fingerprint density at radius 1 is 1.06 bits per heavy atom. The minimum atomic E-state index is -3.01. The maximum absolute atomic E-state index is 13.1. The number of amidine groups is 1. The fourth-order valence-corrected chi connectivity index (χ4v) is 8.33. The zero-order valence-corrected chi connectivity index (χ0v) is 20.7. The molecule has 33 heavy (non-hydrogen) atoms. The van der Waals surface area contributed by atoms with Crippen molar-refractivity contribution in [2.45, 2.75) is 11.3 Å². The van der Waals surface area contributed by atoms with Crippen molar-refractivity contribution in [3.8, 4) is 0 Å². The van der Waals surface area contributed by atoms with Gasteiger partial charge < -0.3 is 15.1 Å². The zero-order valence-electron chi connectivity index (χ0n) is 17.6. The Hall–Kier alpha value is -1.94. The van der Waals surface area contributed by atoms with E-state index in [1.54, 1.807) is 18.2 Å². The Balaban J connectivity index is 1.24. The molecule has 0 aromatic heterocycles. The van der Waals surface area contributed by atoms with Crippen LogP contribution in [-0.4, -0.2) is 73.4 Å². The van der Waals surface area contributed by atoms with Gasteiger partial charge in [-0.2, -0.15) is 0 Å². The number of hydrogen-bond donors (Lipinski definition) is 1. The summed E-state index contributed by atoms with van der Waals surface area (Å²) in [6.07, 6.45) is 0. The van der Waals surface area contributed by atoms with Crippen LogP contribution in [0.15, 0.2) is 47.5 Å². The summed E-state index contributed by atoms with van der Waals surface area (Å²) >= 11 is 13.9. The van der Waals surface area contributed by atoms with Gasteiger partial charge in [0, 0.05) is 47.7 Å². The van der Waals surface area contributed by atoms with E-state index < -0.39 is 9.84 Å². The van der Waals surface area contributed by atoms with Crippen LogP contribution < -0.4 is 10.2 Å². The predicted octanol–water partition coefficient (Wildman–Crippen LogP) is 3.64. The van der Waals surface area contributed by atoms with Gasteiger partial charge in [0.25, 0.3) is 5.91 Å². The number of fused-ring (bicyclic) bond motifs is 1. The third-order valence-corrected chi connectivity index (χ3v) is 9.72. The minimum Gasteiger partial charge on any atom is -0.368 e. The minimum absolute atomic E-state index is 0.0514. The van der Waals surface area contributed by atoms with Gasteiger partial charge in [-0.3, -0.25) is 9.79 Å². The number of rotatable bonds is 3. The number of halogens is 2. The summed E-state index contributed by atoms with van der Waals surface area (Å²) in [5.74, 6) is 0.178. The summed E-state index contributed by atoms with van der Waals surface area (Å²) in [6.45, 7) is 2.67. The van der Waals surface area contributed by atoms with E-state index in [-0.39, 0.29) is 28.7 Å². The second kappa shape index (κ2) is 9.02. The lowest BCUT2D eigenvalue weighted by Gasteiger charge is -2.36.